The van der Waals surface area contributed by atoms with E-state index >= 15 is 0 Å². The fourth-order valence-electron chi connectivity index (χ4n) is 1.63. The van der Waals surface area contributed by atoms with Gasteiger partial charge in [-0.3, -0.25) is 0 Å². The number of methoxy groups -OCH3 is 1. The van der Waals surface area contributed by atoms with Crippen LogP contribution < -0.4 is 10.5 Å². The molecule has 0 aliphatic heterocycles. The monoisotopic (exact) mass is 329 g/mol. The molecule has 2 unspecified atom stereocenters. The summed E-state index contributed by atoms with van der Waals surface area (Å²) in [7, 11) is 1.34. The first-order valence-electron chi connectivity index (χ1n) is 6.26. The third-order valence-electron chi connectivity index (χ3n) is 2.87. The van der Waals surface area contributed by atoms with E-state index in [1.165, 1.54) is 7.11 Å². The summed E-state index contributed by atoms with van der Waals surface area (Å²) in [6, 6.07) is 5.73. The highest BCUT2D eigenvalue weighted by Gasteiger charge is 2.15. The van der Waals surface area contributed by atoms with Crippen molar-refractivity contribution in [2.75, 3.05) is 7.11 Å². The van der Waals surface area contributed by atoms with Crippen LogP contribution in [0.4, 0.5) is 0 Å². The molecule has 2 atom stereocenters. The molecule has 0 fully saturated rings. The predicted molar refractivity (Wildman–Crippen MR) is 78.2 cm³/mol. The zero-order valence-corrected chi connectivity index (χ0v) is 13.1. The van der Waals surface area contributed by atoms with E-state index < -0.39 is 12.1 Å². The van der Waals surface area contributed by atoms with Crippen LogP contribution in [0.1, 0.15) is 25.8 Å². The highest BCUT2D eigenvalue weighted by molar-refractivity contribution is 9.10. The molecule has 0 aliphatic rings. The third-order valence-corrected chi connectivity index (χ3v) is 3.64. The second kappa shape index (κ2) is 7.50. The van der Waals surface area contributed by atoms with Crippen LogP contribution in [0.25, 0.3) is 0 Å². The standard InChI is InChI=1S/C14H20BrNO3/c1-4-11(16)7-10-8-12(5-6-13(10)15)19-9(2)14(17)18-3/h5-6,8-9,11H,4,7,16H2,1-3H3. The van der Waals surface area contributed by atoms with Crippen molar-refractivity contribution in [3.8, 4) is 5.75 Å². The van der Waals surface area contributed by atoms with Gasteiger partial charge in [-0.2, -0.15) is 0 Å². The molecule has 19 heavy (non-hydrogen) atoms. The number of hydrogen-bond donors (Lipinski definition) is 1. The van der Waals surface area contributed by atoms with Gasteiger partial charge in [-0.05, 0) is 43.5 Å². The lowest BCUT2D eigenvalue weighted by molar-refractivity contribution is -0.147. The van der Waals surface area contributed by atoms with Crippen LogP contribution in [-0.2, 0) is 16.0 Å². The number of hydrogen-bond acceptors (Lipinski definition) is 4. The molecule has 0 saturated heterocycles. The molecule has 0 bridgehead atoms. The van der Waals surface area contributed by atoms with Gasteiger partial charge in [-0.1, -0.05) is 22.9 Å². The van der Waals surface area contributed by atoms with Crippen molar-refractivity contribution in [1.82, 2.24) is 0 Å². The number of benzene rings is 1. The summed E-state index contributed by atoms with van der Waals surface area (Å²) in [6.07, 6.45) is 1.05. The Morgan fingerprint density at radius 3 is 2.74 bits per heavy atom. The van der Waals surface area contributed by atoms with Gasteiger partial charge in [0.05, 0.1) is 7.11 Å². The van der Waals surface area contributed by atoms with E-state index in [2.05, 4.69) is 27.6 Å². The smallest absolute Gasteiger partial charge is 0.346 e. The summed E-state index contributed by atoms with van der Waals surface area (Å²) in [5.41, 5.74) is 7.03. The Hall–Kier alpha value is -1.07. The molecule has 0 aliphatic carbocycles. The van der Waals surface area contributed by atoms with Gasteiger partial charge < -0.3 is 15.2 Å². The molecule has 0 aromatic heterocycles. The van der Waals surface area contributed by atoms with Crippen molar-refractivity contribution >= 4 is 21.9 Å². The van der Waals surface area contributed by atoms with Crippen molar-refractivity contribution in [2.45, 2.75) is 38.8 Å². The van der Waals surface area contributed by atoms with E-state index in [0.717, 1.165) is 22.9 Å². The molecule has 1 rings (SSSR count). The number of nitrogens with two attached hydrogens (primary N) is 1. The van der Waals surface area contributed by atoms with Gasteiger partial charge in [0.15, 0.2) is 6.10 Å². The summed E-state index contributed by atoms with van der Waals surface area (Å²) in [4.78, 5) is 11.3. The van der Waals surface area contributed by atoms with Crippen LogP contribution in [0.2, 0.25) is 0 Å². The van der Waals surface area contributed by atoms with Gasteiger partial charge in [0, 0.05) is 10.5 Å². The average molecular weight is 330 g/mol. The fourth-order valence-corrected chi connectivity index (χ4v) is 2.03. The Morgan fingerprint density at radius 2 is 2.16 bits per heavy atom. The largest absolute Gasteiger partial charge is 0.479 e. The Morgan fingerprint density at radius 1 is 1.47 bits per heavy atom. The van der Waals surface area contributed by atoms with Crippen LogP contribution in [0.15, 0.2) is 22.7 Å². The molecule has 2 N–H and O–H groups in total. The summed E-state index contributed by atoms with van der Waals surface area (Å²) in [6.45, 7) is 3.71. The lowest BCUT2D eigenvalue weighted by Gasteiger charge is -2.15. The molecule has 0 saturated carbocycles. The average Bonchev–Trinajstić information content (AvgIpc) is 2.41. The van der Waals surface area contributed by atoms with Crippen molar-refractivity contribution in [1.29, 1.82) is 0 Å². The molecular weight excluding hydrogens is 310 g/mol. The Bertz CT molecular complexity index is 437. The lowest BCUT2D eigenvalue weighted by atomic mass is 10.0. The highest BCUT2D eigenvalue weighted by atomic mass is 79.9. The lowest BCUT2D eigenvalue weighted by Crippen LogP contribution is -2.25. The molecule has 0 amide bonds. The van der Waals surface area contributed by atoms with Crippen LogP contribution in [0.3, 0.4) is 0 Å². The number of rotatable bonds is 6. The van der Waals surface area contributed by atoms with Crippen LogP contribution >= 0.6 is 15.9 Å². The summed E-state index contributed by atoms with van der Waals surface area (Å²) >= 11 is 3.49. The molecule has 5 heteroatoms. The Labute approximate surface area is 122 Å². The van der Waals surface area contributed by atoms with Crippen LogP contribution in [0.5, 0.6) is 5.75 Å². The maximum Gasteiger partial charge on any atom is 0.346 e. The maximum atomic E-state index is 11.3. The molecule has 0 heterocycles. The molecule has 0 spiro atoms. The Kier molecular flexibility index (Phi) is 6.31. The summed E-state index contributed by atoms with van der Waals surface area (Å²) in [5.74, 6) is 0.245. The number of ether oxygens (including phenoxy) is 2. The minimum atomic E-state index is -0.626. The minimum absolute atomic E-state index is 0.115. The van der Waals surface area contributed by atoms with Crippen LogP contribution in [0, 0.1) is 0 Å². The van der Waals surface area contributed by atoms with Crippen molar-refractivity contribution in [2.24, 2.45) is 5.73 Å². The quantitative estimate of drug-likeness (QED) is 0.815. The molecular formula is C14H20BrNO3. The molecule has 0 radical (unpaired) electrons. The first-order chi connectivity index (χ1) is 8.97. The van der Waals surface area contributed by atoms with E-state index in [4.69, 9.17) is 10.5 Å². The van der Waals surface area contributed by atoms with E-state index in [0.29, 0.717) is 5.75 Å². The number of halogens is 1. The summed E-state index contributed by atoms with van der Waals surface area (Å²) in [5, 5.41) is 0. The third kappa shape index (κ3) is 4.84. The van der Waals surface area contributed by atoms with E-state index in [9.17, 15) is 4.79 Å². The van der Waals surface area contributed by atoms with Gasteiger partial charge in [-0.25, -0.2) is 4.79 Å². The highest BCUT2D eigenvalue weighted by Crippen LogP contribution is 2.24. The van der Waals surface area contributed by atoms with Gasteiger partial charge >= 0.3 is 5.97 Å². The van der Waals surface area contributed by atoms with Crippen LogP contribution in [-0.4, -0.2) is 25.2 Å². The normalized spacial score (nSPS) is 13.7. The van der Waals surface area contributed by atoms with Gasteiger partial charge in [-0.15, -0.1) is 0 Å². The first kappa shape index (κ1) is 16.0. The maximum absolute atomic E-state index is 11.3. The second-order valence-corrected chi connectivity index (χ2v) is 5.26. The van der Waals surface area contributed by atoms with Gasteiger partial charge in [0.25, 0.3) is 0 Å². The zero-order chi connectivity index (χ0) is 14.4. The predicted octanol–water partition coefficient (Wildman–Crippen LogP) is 2.67. The number of carbonyl (C=O) groups excluding carboxylic acids is 1. The second-order valence-electron chi connectivity index (χ2n) is 4.41. The SMILES string of the molecule is CCC(N)Cc1cc(OC(C)C(=O)OC)ccc1Br. The molecule has 106 valence electrons. The van der Waals surface area contributed by atoms with Crippen molar-refractivity contribution in [3.63, 3.8) is 0 Å². The van der Waals surface area contributed by atoms with Gasteiger partial charge in [0.1, 0.15) is 5.75 Å². The fraction of sp³-hybridized carbons (Fsp3) is 0.500. The Balaban J connectivity index is 2.81. The van der Waals surface area contributed by atoms with Gasteiger partial charge in [0.2, 0.25) is 0 Å². The van der Waals surface area contributed by atoms with E-state index in [1.807, 2.05) is 18.2 Å². The summed E-state index contributed by atoms with van der Waals surface area (Å²) < 4.78 is 11.2. The number of esters is 1. The topological polar surface area (TPSA) is 61.5 Å². The van der Waals surface area contributed by atoms with E-state index in [-0.39, 0.29) is 6.04 Å². The van der Waals surface area contributed by atoms with Crippen molar-refractivity contribution in [3.05, 3.63) is 28.2 Å². The molecule has 1 aromatic carbocycles. The zero-order valence-electron chi connectivity index (χ0n) is 11.5. The molecule has 4 nitrogen and oxygen atoms in total. The minimum Gasteiger partial charge on any atom is -0.479 e. The van der Waals surface area contributed by atoms with E-state index in [1.54, 1.807) is 6.92 Å². The molecule has 1 aromatic rings. The first-order valence-corrected chi connectivity index (χ1v) is 7.05. The van der Waals surface area contributed by atoms with Crippen molar-refractivity contribution < 1.29 is 14.3 Å². The number of carbonyl (C=O) groups is 1.